The fourth-order valence-corrected chi connectivity index (χ4v) is 5.82. The molecule has 0 radical (unpaired) electrons. The summed E-state index contributed by atoms with van der Waals surface area (Å²) in [6.45, 7) is 7.46. The number of thioether (sulfide) groups is 1. The molecule has 0 aromatic heterocycles. The standard InChI is InChI=1S/C17H31NO2S/c1-3-18-16(15-5-8-19-13(15)2)14-4-9-20-17(12-14)6-10-21-11-7-17/h13-16,18H,3-12H2,1-2H3. The maximum absolute atomic E-state index is 6.28. The van der Waals surface area contributed by atoms with E-state index in [1.807, 2.05) is 0 Å². The fourth-order valence-electron chi connectivity index (χ4n) is 4.59. The normalized spacial score (nSPS) is 37.7. The molecular weight excluding hydrogens is 282 g/mol. The van der Waals surface area contributed by atoms with Gasteiger partial charge in [-0.15, -0.1) is 0 Å². The Morgan fingerprint density at radius 3 is 2.71 bits per heavy atom. The minimum atomic E-state index is 0.199. The maximum atomic E-state index is 6.28. The molecule has 3 aliphatic heterocycles. The van der Waals surface area contributed by atoms with Gasteiger partial charge in [0.2, 0.25) is 0 Å². The smallest absolute Gasteiger partial charge is 0.0701 e. The lowest BCUT2D eigenvalue weighted by molar-refractivity contribution is -0.111. The zero-order valence-corrected chi connectivity index (χ0v) is 14.4. The summed E-state index contributed by atoms with van der Waals surface area (Å²) >= 11 is 2.09. The van der Waals surface area contributed by atoms with E-state index in [1.165, 1.54) is 43.6 Å². The second kappa shape index (κ2) is 7.20. The molecule has 21 heavy (non-hydrogen) atoms. The van der Waals surface area contributed by atoms with Crippen LogP contribution in [-0.2, 0) is 9.47 Å². The van der Waals surface area contributed by atoms with Crippen LogP contribution in [0, 0.1) is 11.8 Å². The zero-order chi connectivity index (χ0) is 14.7. The summed E-state index contributed by atoms with van der Waals surface area (Å²) in [5, 5.41) is 3.81. The molecule has 3 saturated heterocycles. The molecule has 0 aromatic carbocycles. The summed E-state index contributed by atoms with van der Waals surface area (Å²) in [5.41, 5.74) is 0.199. The molecule has 0 bridgehead atoms. The van der Waals surface area contributed by atoms with Crippen LogP contribution in [0.4, 0.5) is 0 Å². The largest absolute Gasteiger partial charge is 0.378 e. The van der Waals surface area contributed by atoms with Gasteiger partial charge in [-0.25, -0.2) is 0 Å². The molecule has 0 aromatic rings. The molecule has 0 saturated carbocycles. The van der Waals surface area contributed by atoms with E-state index in [2.05, 4.69) is 30.9 Å². The van der Waals surface area contributed by atoms with Crippen molar-refractivity contribution in [2.24, 2.45) is 11.8 Å². The van der Waals surface area contributed by atoms with Crippen molar-refractivity contribution >= 4 is 11.8 Å². The predicted molar refractivity (Wildman–Crippen MR) is 89.0 cm³/mol. The molecule has 4 heteroatoms. The second-order valence-electron chi connectivity index (χ2n) is 7.01. The Balaban J connectivity index is 1.69. The van der Waals surface area contributed by atoms with Crippen LogP contribution in [0.15, 0.2) is 0 Å². The SMILES string of the molecule is CCNC(C1CCOC2(CCSCC2)C1)C1CCOC1C. The van der Waals surface area contributed by atoms with Gasteiger partial charge < -0.3 is 14.8 Å². The van der Waals surface area contributed by atoms with Gasteiger partial charge in [0, 0.05) is 25.2 Å². The second-order valence-corrected chi connectivity index (χ2v) is 8.23. The highest BCUT2D eigenvalue weighted by molar-refractivity contribution is 7.99. The molecule has 4 atom stereocenters. The minimum Gasteiger partial charge on any atom is -0.378 e. The molecule has 122 valence electrons. The van der Waals surface area contributed by atoms with E-state index in [0.717, 1.165) is 25.7 Å². The van der Waals surface area contributed by atoms with E-state index in [-0.39, 0.29) is 5.60 Å². The van der Waals surface area contributed by atoms with Gasteiger partial charge in [-0.05, 0) is 63.0 Å². The Labute approximate surface area is 133 Å². The van der Waals surface area contributed by atoms with E-state index in [9.17, 15) is 0 Å². The lowest BCUT2D eigenvalue weighted by Gasteiger charge is -2.46. The average molecular weight is 314 g/mol. The van der Waals surface area contributed by atoms with Crippen LogP contribution in [-0.4, -0.2) is 49.0 Å². The van der Waals surface area contributed by atoms with Gasteiger partial charge in [-0.2, -0.15) is 11.8 Å². The van der Waals surface area contributed by atoms with Crippen molar-refractivity contribution in [2.75, 3.05) is 31.3 Å². The number of nitrogens with one attached hydrogen (secondary N) is 1. The Bertz CT molecular complexity index is 327. The topological polar surface area (TPSA) is 30.5 Å². The van der Waals surface area contributed by atoms with E-state index >= 15 is 0 Å². The monoisotopic (exact) mass is 313 g/mol. The molecule has 1 spiro atoms. The quantitative estimate of drug-likeness (QED) is 0.864. The van der Waals surface area contributed by atoms with Crippen LogP contribution >= 0.6 is 11.8 Å². The molecule has 3 heterocycles. The molecule has 3 aliphatic rings. The van der Waals surface area contributed by atoms with Gasteiger partial charge in [0.1, 0.15) is 0 Å². The van der Waals surface area contributed by atoms with Crippen LogP contribution in [0.25, 0.3) is 0 Å². The molecule has 3 nitrogen and oxygen atoms in total. The zero-order valence-electron chi connectivity index (χ0n) is 13.6. The molecular formula is C17H31NO2S. The summed E-state index contributed by atoms with van der Waals surface area (Å²) in [5.74, 6) is 4.00. The van der Waals surface area contributed by atoms with Crippen LogP contribution in [0.2, 0.25) is 0 Å². The number of hydrogen-bond acceptors (Lipinski definition) is 4. The first-order valence-corrected chi connectivity index (χ1v) is 9.96. The van der Waals surface area contributed by atoms with Crippen molar-refractivity contribution in [1.82, 2.24) is 5.32 Å². The summed E-state index contributed by atoms with van der Waals surface area (Å²) < 4.78 is 12.1. The van der Waals surface area contributed by atoms with Gasteiger partial charge in [-0.3, -0.25) is 0 Å². The van der Waals surface area contributed by atoms with Gasteiger partial charge >= 0.3 is 0 Å². The van der Waals surface area contributed by atoms with Crippen LogP contribution in [0.5, 0.6) is 0 Å². The summed E-state index contributed by atoms with van der Waals surface area (Å²) in [6, 6.07) is 0.614. The van der Waals surface area contributed by atoms with Crippen molar-refractivity contribution in [1.29, 1.82) is 0 Å². The molecule has 1 N–H and O–H groups in total. The Kier molecular flexibility index (Phi) is 5.52. The molecule has 4 unspecified atom stereocenters. The number of rotatable bonds is 4. The van der Waals surface area contributed by atoms with Crippen LogP contribution in [0.1, 0.15) is 46.0 Å². The Hall–Kier alpha value is 0.230. The van der Waals surface area contributed by atoms with Gasteiger partial charge in [-0.1, -0.05) is 6.92 Å². The Morgan fingerprint density at radius 2 is 2.05 bits per heavy atom. The van der Waals surface area contributed by atoms with Gasteiger partial charge in [0.15, 0.2) is 0 Å². The number of ether oxygens (including phenoxy) is 2. The van der Waals surface area contributed by atoms with E-state index in [0.29, 0.717) is 18.1 Å². The molecule has 0 aliphatic carbocycles. The first-order valence-electron chi connectivity index (χ1n) is 8.81. The lowest BCUT2D eigenvalue weighted by Crippen LogP contribution is -2.51. The number of hydrogen-bond donors (Lipinski definition) is 1. The highest BCUT2D eigenvalue weighted by atomic mass is 32.2. The third-order valence-corrected chi connectivity index (χ3v) is 6.76. The first-order chi connectivity index (χ1) is 10.2. The predicted octanol–water partition coefficient (Wildman–Crippen LogP) is 3.08. The first kappa shape index (κ1) is 16.1. The van der Waals surface area contributed by atoms with Gasteiger partial charge in [0.05, 0.1) is 11.7 Å². The lowest BCUT2D eigenvalue weighted by atomic mass is 9.74. The molecule has 3 fully saturated rings. The van der Waals surface area contributed by atoms with E-state index in [4.69, 9.17) is 9.47 Å². The van der Waals surface area contributed by atoms with Crippen molar-refractivity contribution in [3.63, 3.8) is 0 Å². The van der Waals surface area contributed by atoms with Crippen LogP contribution < -0.4 is 5.32 Å². The minimum absolute atomic E-state index is 0.199. The third kappa shape index (κ3) is 3.60. The fraction of sp³-hybridized carbons (Fsp3) is 1.00. The summed E-state index contributed by atoms with van der Waals surface area (Å²) in [4.78, 5) is 0. The van der Waals surface area contributed by atoms with E-state index in [1.54, 1.807) is 0 Å². The Morgan fingerprint density at radius 1 is 1.24 bits per heavy atom. The van der Waals surface area contributed by atoms with Crippen molar-refractivity contribution in [3.8, 4) is 0 Å². The molecule has 3 rings (SSSR count). The maximum Gasteiger partial charge on any atom is 0.0701 e. The summed E-state index contributed by atoms with van der Waals surface area (Å²) in [7, 11) is 0. The molecule has 0 amide bonds. The van der Waals surface area contributed by atoms with Crippen molar-refractivity contribution in [2.45, 2.75) is 63.7 Å². The van der Waals surface area contributed by atoms with Gasteiger partial charge in [0.25, 0.3) is 0 Å². The van der Waals surface area contributed by atoms with Crippen molar-refractivity contribution < 1.29 is 9.47 Å². The summed E-state index contributed by atoms with van der Waals surface area (Å²) in [6.07, 6.45) is 6.62. The van der Waals surface area contributed by atoms with E-state index < -0.39 is 0 Å². The average Bonchev–Trinajstić information content (AvgIpc) is 2.91. The van der Waals surface area contributed by atoms with Crippen molar-refractivity contribution in [3.05, 3.63) is 0 Å². The highest BCUT2D eigenvalue weighted by Crippen LogP contribution is 2.42. The highest BCUT2D eigenvalue weighted by Gasteiger charge is 2.44. The van der Waals surface area contributed by atoms with Crippen LogP contribution in [0.3, 0.4) is 0 Å². The third-order valence-electron chi connectivity index (χ3n) is 5.78.